The molecular weight excluding hydrogens is 460 g/mol. The first-order valence-corrected chi connectivity index (χ1v) is 15.8. The molecule has 34 heavy (non-hydrogen) atoms. The van der Waals surface area contributed by atoms with E-state index in [0.29, 0.717) is 25.0 Å². The number of carbonyl (C=O) groups is 1. The zero-order chi connectivity index (χ0) is 24.5. The van der Waals surface area contributed by atoms with E-state index in [1.165, 1.54) is 69.8 Å². The number of ketones is 1. The molecule has 1 aromatic carbocycles. The molecule has 1 unspecified atom stereocenters. The van der Waals surface area contributed by atoms with Crippen LogP contribution in [-0.2, 0) is 11.2 Å². The molecule has 194 valence electrons. The van der Waals surface area contributed by atoms with Crippen LogP contribution in [0, 0.1) is 0 Å². The molecule has 1 aliphatic heterocycles. The van der Waals surface area contributed by atoms with Gasteiger partial charge in [0.15, 0.2) is 0 Å². The topological polar surface area (TPSA) is 57.5 Å². The number of hydrogen-bond acceptors (Lipinski definition) is 5. The van der Waals surface area contributed by atoms with Crippen molar-refractivity contribution in [1.82, 2.24) is 0 Å². The van der Waals surface area contributed by atoms with E-state index in [0.717, 1.165) is 37.2 Å². The van der Waals surface area contributed by atoms with Crippen LogP contribution in [0.25, 0.3) is 0 Å². The molecule has 1 saturated heterocycles. The minimum absolute atomic E-state index is 0.00757. The average molecular weight is 509 g/mol. The molecule has 0 spiro atoms. The number of carbonyl (C=O) groups excluding carboxylic acids is 1. The van der Waals surface area contributed by atoms with Gasteiger partial charge in [0.2, 0.25) is 0 Å². The number of thioether (sulfide) groups is 2. The molecule has 1 aliphatic rings. The number of aromatic hydroxyl groups is 1. The quantitative estimate of drug-likeness (QED) is 0.184. The predicted molar refractivity (Wildman–Crippen MR) is 150 cm³/mol. The Kier molecular flexibility index (Phi) is 15.4. The van der Waals surface area contributed by atoms with Crippen molar-refractivity contribution in [3.63, 3.8) is 0 Å². The molecule has 1 fully saturated rings. The Bertz CT molecular complexity index is 656. The summed E-state index contributed by atoms with van der Waals surface area (Å²) in [4.78, 5) is 12.5. The van der Waals surface area contributed by atoms with Gasteiger partial charge in [-0.1, -0.05) is 83.3 Å². The maximum absolute atomic E-state index is 12.5. The van der Waals surface area contributed by atoms with Crippen molar-refractivity contribution in [2.24, 2.45) is 0 Å². The van der Waals surface area contributed by atoms with Gasteiger partial charge in [0.1, 0.15) is 11.5 Å². The van der Waals surface area contributed by atoms with Gasteiger partial charge in [-0.3, -0.25) is 4.79 Å². The lowest BCUT2D eigenvalue weighted by Gasteiger charge is -2.37. The Balaban J connectivity index is 1.60. The van der Waals surface area contributed by atoms with E-state index in [-0.39, 0.29) is 9.86 Å². The van der Waals surface area contributed by atoms with Crippen molar-refractivity contribution in [1.29, 1.82) is 0 Å². The Labute approximate surface area is 217 Å². The van der Waals surface area contributed by atoms with Crippen molar-refractivity contribution in [2.75, 3.05) is 11.5 Å². The van der Waals surface area contributed by atoms with Gasteiger partial charge >= 0.3 is 0 Å². The fraction of sp³-hybridized carbons (Fsp3) is 0.759. The minimum Gasteiger partial charge on any atom is -0.508 e. The Hall–Kier alpha value is -0.650. The second kappa shape index (κ2) is 17.7. The number of rotatable bonds is 19. The molecule has 1 aromatic rings. The molecule has 0 saturated carbocycles. The molecule has 0 amide bonds. The third-order valence-electron chi connectivity index (χ3n) is 6.82. The highest BCUT2D eigenvalue weighted by molar-refractivity contribution is 8.18. The molecule has 2 rings (SSSR count). The summed E-state index contributed by atoms with van der Waals surface area (Å²) in [6.07, 6.45) is 18.4. The van der Waals surface area contributed by atoms with E-state index in [4.69, 9.17) is 0 Å². The van der Waals surface area contributed by atoms with Crippen molar-refractivity contribution in [3.8, 4) is 5.75 Å². The lowest BCUT2D eigenvalue weighted by Crippen LogP contribution is -2.32. The molecule has 5 heteroatoms. The zero-order valence-electron chi connectivity index (χ0n) is 21.4. The Morgan fingerprint density at radius 2 is 1.47 bits per heavy atom. The summed E-state index contributed by atoms with van der Waals surface area (Å²) >= 11 is 3.93. The van der Waals surface area contributed by atoms with Gasteiger partial charge in [0.25, 0.3) is 0 Å². The molecule has 0 radical (unpaired) electrons. The lowest BCUT2D eigenvalue weighted by molar-refractivity contribution is -0.121. The third kappa shape index (κ3) is 12.9. The van der Waals surface area contributed by atoms with Gasteiger partial charge in [-0.15, -0.1) is 23.5 Å². The van der Waals surface area contributed by atoms with E-state index in [9.17, 15) is 15.0 Å². The van der Waals surface area contributed by atoms with Crippen LogP contribution in [0.2, 0.25) is 0 Å². The summed E-state index contributed by atoms with van der Waals surface area (Å²) < 4.78 is -0.00757. The van der Waals surface area contributed by atoms with Gasteiger partial charge in [0.05, 0.1) is 10.2 Å². The highest BCUT2D eigenvalue weighted by Crippen LogP contribution is 2.49. The van der Waals surface area contributed by atoms with Crippen LogP contribution in [0.3, 0.4) is 0 Å². The molecule has 0 bridgehead atoms. The lowest BCUT2D eigenvalue weighted by atomic mass is 9.99. The maximum atomic E-state index is 12.5. The van der Waals surface area contributed by atoms with Crippen molar-refractivity contribution >= 4 is 29.3 Å². The number of aliphatic hydroxyl groups is 1. The average Bonchev–Trinajstić information content (AvgIpc) is 2.82. The highest BCUT2D eigenvalue weighted by Gasteiger charge is 2.35. The van der Waals surface area contributed by atoms with Crippen LogP contribution in [-0.4, -0.2) is 37.7 Å². The number of phenols is 1. The predicted octanol–water partition coefficient (Wildman–Crippen LogP) is 8.30. The molecule has 1 atom stereocenters. The van der Waals surface area contributed by atoms with Crippen LogP contribution in [0.15, 0.2) is 24.3 Å². The summed E-state index contributed by atoms with van der Waals surface area (Å²) in [6, 6.07) is 7.44. The van der Waals surface area contributed by atoms with E-state index in [1.54, 1.807) is 12.1 Å². The van der Waals surface area contributed by atoms with Gasteiger partial charge < -0.3 is 10.2 Å². The van der Waals surface area contributed by atoms with E-state index in [1.807, 2.05) is 35.7 Å². The van der Waals surface area contributed by atoms with Crippen molar-refractivity contribution in [3.05, 3.63) is 29.8 Å². The van der Waals surface area contributed by atoms with E-state index >= 15 is 0 Å². The molecule has 3 nitrogen and oxygen atoms in total. The molecule has 0 aromatic heterocycles. The highest BCUT2D eigenvalue weighted by atomic mass is 32.2. The Morgan fingerprint density at radius 3 is 2.06 bits per heavy atom. The van der Waals surface area contributed by atoms with Gasteiger partial charge in [-0.2, -0.15) is 0 Å². The number of Topliss-reactive ketones (excluding diaryl/α,β-unsaturated/α-hetero) is 1. The molecule has 1 heterocycles. The standard InChI is InChI=1S/C29H48O3S2/c1-2-3-4-5-6-7-8-9-10-11-12-14-27(31)23-28(32)24-29(33-21-13-22-34-29)20-19-25-15-17-26(30)18-16-25/h15-18,28,30,32H,2-14,19-24H2,1H3. The van der Waals surface area contributed by atoms with Crippen LogP contribution in [0.1, 0.15) is 115 Å². The maximum Gasteiger partial charge on any atom is 0.135 e. The van der Waals surface area contributed by atoms with Crippen LogP contribution in [0.4, 0.5) is 0 Å². The van der Waals surface area contributed by atoms with Crippen LogP contribution in [0.5, 0.6) is 5.75 Å². The summed E-state index contributed by atoms with van der Waals surface area (Å²) in [5, 5.41) is 20.3. The normalized spacial score (nSPS) is 16.4. The fourth-order valence-electron chi connectivity index (χ4n) is 4.76. The second-order valence-corrected chi connectivity index (χ2v) is 13.2. The molecular formula is C29H48O3S2. The second-order valence-electron chi connectivity index (χ2n) is 10.0. The molecule has 0 aliphatic carbocycles. The number of hydrogen-bond donors (Lipinski definition) is 2. The smallest absolute Gasteiger partial charge is 0.135 e. The van der Waals surface area contributed by atoms with E-state index in [2.05, 4.69) is 6.92 Å². The third-order valence-corrected chi connectivity index (χ3v) is 10.3. The summed E-state index contributed by atoms with van der Waals surface area (Å²) in [5.74, 6) is 2.78. The van der Waals surface area contributed by atoms with Gasteiger partial charge in [-0.25, -0.2) is 0 Å². The first-order valence-electron chi connectivity index (χ1n) is 13.8. The summed E-state index contributed by atoms with van der Waals surface area (Å²) in [7, 11) is 0. The monoisotopic (exact) mass is 508 g/mol. The first kappa shape index (κ1) is 29.6. The molecule has 2 N–H and O–H groups in total. The van der Waals surface area contributed by atoms with Crippen LogP contribution < -0.4 is 0 Å². The largest absolute Gasteiger partial charge is 0.508 e. The van der Waals surface area contributed by atoms with E-state index < -0.39 is 6.10 Å². The SMILES string of the molecule is CCCCCCCCCCCCCC(=O)CC(O)CC1(CCc2ccc(O)cc2)SCCCS1. The summed E-state index contributed by atoms with van der Waals surface area (Å²) in [5.41, 5.74) is 1.21. The fourth-order valence-corrected chi connectivity index (χ4v) is 8.21. The number of unbranched alkanes of at least 4 members (excludes halogenated alkanes) is 10. The Morgan fingerprint density at radius 1 is 0.912 bits per heavy atom. The first-order chi connectivity index (χ1) is 16.5. The van der Waals surface area contributed by atoms with Crippen molar-refractivity contribution in [2.45, 2.75) is 126 Å². The summed E-state index contributed by atoms with van der Waals surface area (Å²) in [6.45, 7) is 2.26. The number of phenolic OH excluding ortho intramolecular Hbond substituents is 1. The van der Waals surface area contributed by atoms with Crippen LogP contribution >= 0.6 is 23.5 Å². The van der Waals surface area contributed by atoms with Crippen molar-refractivity contribution < 1.29 is 15.0 Å². The number of aryl methyl sites for hydroxylation is 1. The van der Waals surface area contributed by atoms with Gasteiger partial charge in [0, 0.05) is 12.8 Å². The number of benzene rings is 1. The minimum atomic E-state index is -0.543. The zero-order valence-corrected chi connectivity index (χ0v) is 23.1. The van der Waals surface area contributed by atoms with Gasteiger partial charge in [-0.05, 0) is 61.3 Å². The number of aliphatic hydroxyl groups excluding tert-OH is 1.